The molecule has 0 aromatic carbocycles. The number of alkyl halides is 12. The van der Waals surface area contributed by atoms with Gasteiger partial charge < -0.3 is 39.6 Å². The second kappa shape index (κ2) is 19.3. The molecule has 0 saturated heterocycles. The minimum Gasteiger partial charge on any atom is -0.542 e. The molecule has 27 heteroatoms. The number of carboxylic acids is 4. The summed E-state index contributed by atoms with van der Waals surface area (Å²) < 4.78 is 151. The number of carbonyl (C=O) groups is 4. The molecule has 0 spiro atoms. The molecule has 35 heavy (non-hydrogen) atoms. The fraction of sp³-hybridized carbons (Fsp3) is 0.500. The topological polar surface area (TPSA) is 241 Å². The molecule has 0 amide bonds. The van der Waals surface area contributed by atoms with E-state index in [9.17, 15) is 52.7 Å². The second-order valence-electron chi connectivity index (χ2n) is 3.66. The van der Waals surface area contributed by atoms with Gasteiger partial charge in [0.15, 0.2) is 0 Å². The van der Waals surface area contributed by atoms with Crippen LogP contribution in [0.1, 0.15) is 0 Å². The first kappa shape index (κ1) is 50.1. The van der Waals surface area contributed by atoms with E-state index in [4.69, 9.17) is 52.6 Å². The molecule has 0 fully saturated rings. The summed E-state index contributed by atoms with van der Waals surface area (Å²) in [5.74, 6) is -12.0. The molecular formula is C8H3CoF12NO11PdS. The molecule has 3 N–H and O–H groups in total. The smallest absolute Gasteiger partial charge is 0.542 e. The average molecular weight is 715 g/mol. The van der Waals surface area contributed by atoms with Crippen LogP contribution in [-0.2, 0) is 66.7 Å². The van der Waals surface area contributed by atoms with Crippen LogP contribution < -0.4 is 25.6 Å². The van der Waals surface area contributed by atoms with Crippen LogP contribution in [0.2, 0.25) is 0 Å². The number of aliphatic carboxylic acids is 4. The number of halogens is 12. The summed E-state index contributed by atoms with van der Waals surface area (Å²) >= 11 is 0. The first-order valence-electron chi connectivity index (χ1n) is 5.65. The molecule has 12 nitrogen and oxygen atoms in total. The Morgan fingerprint density at radius 1 is 0.543 bits per heavy atom. The fourth-order valence-corrected chi connectivity index (χ4v) is 0. The van der Waals surface area contributed by atoms with Crippen LogP contribution in [0.3, 0.4) is 0 Å². The van der Waals surface area contributed by atoms with E-state index in [1.165, 1.54) is 0 Å². The van der Waals surface area contributed by atoms with Gasteiger partial charge in [-0.3, -0.25) is 4.55 Å². The molecule has 0 saturated carbocycles. The molecule has 215 valence electrons. The van der Waals surface area contributed by atoms with Gasteiger partial charge in [0.1, 0.15) is 23.9 Å². The van der Waals surface area contributed by atoms with Crippen LogP contribution in [0.25, 0.3) is 0 Å². The van der Waals surface area contributed by atoms with Gasteiger partial charge in [-0.1, -0.05) is 0 Å². The largest absolute Gasteiger partial charge is 2.00 e. The number of nitrogens with two attached hydrogens (primary N) is 1. The quantitative estimate of drug-likeness (QED) is 0.139. The summed E-state index contributed by atoms with van der Waals surface area (Å²) in [6.07, 6.45) is -20.8. The van der Waals surface area contributed by atoms with Crippen LogP contribution in [0.4, 0.5) is 52.7 Å². The zero-order valence-corrected chi connectivity index (χ0v) is 18.1. The Bertz CT molecular complexity index is 644. The van der Waals surface area contributed by atoms with E-state index in [1.807, 2.05) is 0 Å². The number of hydrogen-bond acceptors (Lipinski definition) is 10. The van der Waals surface area contributed by atoms with Crippen molar-refractivity contribution in [2.75, 3.05) is 0 Å². The molecule has 0 bridgehead atoms. The molecule has 0 heterocycles. The minimum absolute atomic E-state index is 0. The maximum absolute atomic E-state index is 10.5. The standard InChI is InChI=1S/4C2HF3O2.Co.H3NO3S.Pd/c4*3-2(4,5)1(6)7;;1-5(2,3)4;/h4*(H,6,7);;(H3,1,2,3,4);/q;;;;+2;;+2/p-4. The molecule has 0 aliphatic rings. The van der Waals surface area contributed by atoms with Gasteiger partial charge >= 0.3 is 72.2 Å². The Morgan fingerprint density at radius 2 is 0.571 bits per heavy atom. The van der Waals surface area contributed by atoms with Gasteiger partial charge in [-0.25, -0.2) is 5.14 Å². The third kappa shape index (κ3) is 59.5. The molecule has 0 rings (SSSR count). The number of carbonyl (C=O) groups excluding carboxylic acids is 4. The van der Waals surface area contributed by atoms with E-state index in [0.717, 1.165) is 0 Å². The maximum Gasteiger partial charge on any atom is 2.00 e. The van der Waals surface area contributed by atoms with Crippen molar-refractivity contribution in [1.82, 2.24) is 0 Å². The molecule has 0 aromatic rings. The Labute approximate surface area is 206 Å². The number of rotatable bonds is 0. The van der Waals surface area contributed by atoms with Gasteiger partial charge in [0.2, 0.25) is 0 Å². The summed E-state index contributed by atoms with van der Waals surface area (Å²) in [5.41, 5.74) is 0. The van der Waals surface area contributed by atoms with Gasteiger partial charge in [-0.2, -0.15) is 61.1 Å². The van der Waals surface area contributed by atoms with Crippen molar-refractivity contribution in [1.29, 1.82) is 0 Å². The van der Waals surface area contributed by atoms with E-state index < -0.39 is 58.9 Å². The molecule has 0 atom stereocenters. The van der Waals surface area contributed by atoms with Gasteiger partial charge in [-0.15, -0.1) is 0 Å². The van der Waals surface area contributed by atoms with E-state index in [2.05, 4.69) is 5.14 Å². The zero-order chi connectivity index (χ0) is 28.8. The third-order valence-electron chi connectivity index (χ3n) is 0.926. The van der Waals surface area contributed by atoms with Crippen molar-refractivity contribution in [2.24, 2.45) is 5.14 Å². The Balaban J connectivity index is -0.0000000555. The third-order valence-corrected chi connectivity index (χ3v) is 0.926. The summed E-state index contributed by atoms with van der Waals surface area (Å²) in [6, 6.07) is 0. The monoisotopic (exact) mass is 714 g/mol. The zero-order valence-electron chi connectivity index (χ0n) is 14.7. The summed E-state index contributed by atoms with van der Waals surface area (Å²) in [5, 5.41) is 39.0. The second-order valence-corrected chi connectivity index (χ2v) is 4.69. The minimum atomic E-state index is -5.19. The maximum atomic E-state index is 10.5. The molecule has 1 radical (unpaired) electrons. The predicted molar refractivity (Wildman–Crippen MR) is 60.0 cm³/mol. The van der Waals surface area contributed by atoms with Crippen molar-refractivity contribution in [3.05, 3.63) is 0 Å². The summed E-state index contributed by atoms with van der Waals surface area (Å²) in [6.45, 7) is 0. The summed E-state index contributed by atoms with van der Waals surface area (Å²) in [4.78, 5) is 35.1. The van der Waals surface area contributed by atoms with Crippen LogP contribution >= 0.6 is 0 Å². The molecule has 0 aliphatic carbocycles. The molecule has 0 aliphatic heterocycles. The normalized spacial score (nSPS) is 10.7. The van der Waals surface area contributed by atoms with E-state index in [-0.39, 0.29) is 37.2 Å². The van der Waals surface area contributed by atoms with Crippen molar-refractivity contribution >= 4 is 34.2 Å². The van der Waals surface area contributed by atoms with Crippen LogP contribution in [0.15, 0.2) is 0 Å². The fourth-order valence-electron chi connectivity index (χ4n) is 0. The van der Waals surface area contributed by atoms with Gasteiger partial charge in [0, 0.05) is 0 Å². The van der Waals surface area contributed by atoms with Crippen LogP contribution in [0, 0.1) is 0 Å². The van der Waals surface area contributed by atoms with Gasteiger partial charge in [0.05, 0.1) is 0 Å². The molecule has 0 unspecified atom stereocenters. The Hall–Kier alpha value is -1.92. The average Bonchev–Trinajstić information content (AvgIpc) is 2.42. The number of hydrogen-bond donors (Lipinski definition) is 2. The van der Waals surface area contributed by atoms with E-state index >= 15 is 0 Å². The number of carboxylic acid groups (broad SMARTS) is 4. The van der Waals surface area contributed by atoms with Crippen LogP contribution in [0.5, 0.6) is 0 Å². The van der Waals surface area contributed by atoms with Gasteiger partial charge in [-0.05, 0) is 0 Å². The van der Waals surface area contributed by atoms with Crippen molar-refractivity contribution in [3.63, 3.8) is 0 Å². The van der Waals surface area contributed by atoms with Crippen LogP contribution in [-0.4, -0.2) is 61.6 Å². The first-order chi connectivity index (χ1) is 13.8. The molecular weight excluding hydrogens is 711 g/mol. The van der Waals surface area contributed by atoms with Crippen molar-refractivity contribution in [2.45, 2.75) is 24.7 Å². The Morgan fingerprint density at radius 3 is 0.571 bits per heavy atom. The first-order valence-corrected chi connectivity index (χ1v) is 7.16. The van der Waals surface area contributed by atoms with Crippen molar-refractivity contribution < 1.29 is 142 Å². The Kier molecular flexibility index (Phi) is 27.6. The predicted octanol–water partition coefficient (Wildman–Crippen LogP) is -4.06. The van der Waals surface area contributed by atoms with Crippen molar-refractivity contribution in [3.8, 4) is 0 Å². The SMILES string of the molecule is NS(=O)(=O)O.O=C([O-])C(F)(F)F.O=C([O-])C(F)(F)F.O=C([O-])C(F)(F)F.O=C([O-])C(F)(F)F.[Co+2].[Pd+2]. The van der Waals surface area contributed by atoms with E-state index in [0.29, 0.717) is 0 Å². The van der Waals surface area contributed by atoms with Gasteiger partial charge in [0.25, 0.3) is 0 Å². The van der Waals surface area contributed by atoms with E-state index in [1.54, 1.807) is 0 Å². The summed E-state index contributed by atoms with van der Waals surface area (Å²) in [7, 11) is -4.17. The molecule has 0 aromatic heterocycles.